The summed E-state index contributed by atoms with van der Waals surface area (Å²) in [6.07, 6.45) is 5.33. The first-order chi connectivity index (χ1) is 10.6. The number of rotatable bonds is 4. The molecular weight excluding hydrogens is 280 g/mol. The summed E-state index contributed by atoms with van der Waals surface area (Å²) in [6.45, 7) is 0.569. The van der Waals surface area contributed by atoms with Gasteiger partial charge in [-0.2, -0.15) is 0 Å². The number of hydrogen-bond acceptors (Lipinski definition) is 3. The molecule has 118 valence electrons. The van der Waals surface area contributed by atoms with Crippen LogP contribution in [0.2, 0.25) is 0 Å². The van der Waals surface area contributed by atoms with Gasteiger partial charge in [-0.05, 0) is 42.9 Å². The summed E-state index contributed by atoms with van der Waals surface area (Å²) in [6, 6.07) is 7.14. The SMILES string of the molecule is NC(=O)c1cccc(CN2[C@@H]3CCCC[C@H]3C[C@H]2C(=O)O)c1. The van der Waals surface area contributed by atoms with Gasteiger partial charge in [0, 0.05) is 18.2 Å². The van der Waals surface area contributed by atoms with Crippen LogP contribution in [0.25, 0.3) is 0 Å². The van der Waals surface area contributed by atoms with Gasteiger partial charge in [0.1, 0.15) is 6.04 Å². The van der Waals surface area contributed by atoms with E-state index in [1.165, 1.54) is 12.8 Å². The van der Waals surface area contributed by atoms with Crippen LogP contribution >= 0.6 is 0 Å². The van der Waals surface area contributed by atoms with Crippen molar-refractivity contribution in [3.63, 3.8) is 0 Å². The van der Waals surface area contributed by atoms with Gasteiger partial charge in [-0.25, -0.2) is 0 Å². The number of carboxylic acid groups (broad SMARTS) is 1. The molecule has 5 nitrogen and oxygen atoms in total. The summed E-state index contributed by atoms with van der Waals surface area (Å²) in [5.41, 5.74) is 6.75. The number of carbonyl (C=O) groups excluding carboxylic acids is 1. The van der Waals surface area contributed by atoms with E-state index < -0.39 is 17.9 Å². The first-order valence-corrected chi connectivity index (χ1v) is 7.93. The highest BCUT2D eigenvalue weighted by atomic mass is 16.4. The second-order valence-corrected chi connectivity index (χ2v) is 6.44. The molecule has 2 fully saturated rings. The number of fused-ring (bicyclic) bond motifs is 1. The molecule has 1 heterocycles. The quantitative estimate of drug-likeness (QED) is 0.891. The molecule has 1 aromatic rings. The van der Waals surface area contributed by atoms with Crippen molar-refractivity contribution in [1.29, 1.82) is 0 Å². The largest absolute Gasteiger partial charge is 0.480 e. The zero-order chi connectivity index (χ0) is 15.7. The number of carboxylic acids is 1. The average Bonchev–Trinajstić information content (AvgIpc) is 2.87. The van der Waals surface area contributed by atoms with E-state index in [9.17, 15) is 14.7 Å². The summed E-state index contributed by atoms with van der Waals surface area (Å²) >= 11 is 0. The van der Waals surface area contributed by atoms with Crippen molar-refractivity contribution in [3.05, 3.63) is 35.4 Å². The molecule has 1 aromatic carbocycles. The number of benzene rings is 1. The summed E-state index contributed by atoms with van der Waals surface area (Å²) in [4.78, 5) is 25.0. The lowest BCUT2D eigenvalue weighted by Crippen LogP contribution is -2.41. The number of primary amides is 1. The molecule has 5 heteroatoms. The van der Waals surface area contributed by atoms with E-state index in [-0.39, 0.29) is 0 Å². The van der Waals surface area contributed by atoms with Gasteiger partial charge >= 0.3 is 5.97 Å². The Morgan fingerprint density at radius 2 is 2.05 bits per heavy atom. The van der Waals surface area contributed by atoms with Gasteiger partial charge in [0.15, 0.2) is 0 Å². The second kappa shape index (κ2) is 6.08. The van der Waals surface area contributed by atoms with E-state index >= 15 is 0 Å². The lowest BCUT2D eigenvalue weighted by Gasteiger charge is -2.33. The van der Waals surface area contributed by atoms with Crippen LogP contribution in [0.3, 0.4) is 0 Å². The van der Waals surface area contributed by atoms with E-state index in [1.807, 2.05) is 6.07 Å². The molecule has 3 N–H and O–H groups in total. The lowest BCUT2D eigenvalue weighted by molar-refractivity contribution is -0.142. The molecule has 3 rings (SSSR count). The highest BCUT2D eigenvalue weighted by molar-refractivity contribution is 5.92. The van der Waals surface area contributed by atoms with E-state index in [4.69, 9.17) is 5.73 Å². The number of nitrogens with zero attached hydrogens (tertiary/aromatic N) is 1. The zero-order valence-corrected chi connectivity index (χ0v) is 12.6. The topological polar surface area (TPSA) is 83.6 Å². The fourth-order valence-electron chi connectivity index (χ4n) is 4.06. The first-order valence-electron chi connectivity index (χ1n) is 7.93. The standard InChI is InChI=1S/C17H22N2O3/c18-16(20)13-6-3-4-11(8-13)10-19-14-7-2-1-5-12(14)9-15(19)17(21)22/h3-4,6,8,12,14-15H,1-2,5,7,9-10H2,(H2,18,20)(H,21,22)/t12-,14+,15-/m0/s1. The third kappa shape index (κ3) is 2.86. The molecule has 1 aliphatic carbocycles. The maximum absolute atomic E-state index is 11.6. The van der Waals surface area contributed by atoms with E-state index in [0.29, 0.717) is 24.1 Å². The molecule has 2 aliphatic rings. The van der Waals surface area contributed by atoms with Crippen LogP contribution in [0.4, 0.5) is 0 Å². The maximum atomic E-state index is 11.6. The molecule has 0 unspecified atom stereocenters. The van der Waals surface area contributed by atoms with Crippen molar-refractivity contribution in [1.82, 2.24) is 4.90 Å². The fourth-order valence-corrected chi connectivity index (χ4v) is 4.06. The number of nitrogens with two attached hydrogens (primary N) is 1. The molecule has 22 heavy (non-hydrogen) atoms. The third-order valence-electron chi connectivity index (χ3n) is 5.08. The highest BCUT2D eigenvalue weighted by Crippen LogP contribution is 2.40. The Morgan fingerprint density at radius 3 is 2.77 bits per heavy atom. The van der Waals surface area contributed by atoms with Crippen LogP contribution < -0.4 is 5.73 Å². The minimum absolute atomic E-state index is 0.354. The van der Waals surface area contributed by atoms with Crippen molar-refractivity contribution in [2.45, 2.75) is 50.7 Å². The normalized spacial score (nSPS) is 28.3. The van der Waals surface area contributed by atoms with Crippen molar-refractivity contribution >= 4 is 11.9 Å². The molecule has 0 spiro atoms. The third-order valence-corrected chi connectivity index (χ3v) is 5.08. The zero-order valence-electron chi connectivity index (χ0n) is 12.6. The number of hydrogen-bond donors (Lipinski definition) is 2. The number of carbonyl (C=O) groups is 2. The van der Waals surface area contributed by atoms with Crippen LogP contribution in [0, 0.1) is 5.92 Å². The molecule has 1 amide bonds. The van der Waals surface area contributed by atoms with Crippen LogP contribution in [-0.4, -0.2) is 34.0 Å². The minimum Gasteiger partial charge on any atom is -0.480 e. The van der Waals surface area contributed by atoms with Crippen molar-refractivity contribution in [2.24, 2.45) is 11.7 Å². The monoisotopic (exact) mass is 302 g/mol. The van der Waals surface area contributed by atoms with Gasteiger partial charge in [0.25, 0.3) is 0 Å². The summed E-state index contributed by atoms with van der Waals surface area (Å²) in [7, 11) is 0. The summed E-state index contributed by atoms with van der Waals surface area (Å²) < 4.78 is 0. The number of amides is 1. The highest BCUT2D eigenvalue weighted by Gasteiger charge is 2.44. The predicted molar refractivity (Wildman–Crippen MR) is 82.3 cm³/mol. The second-order valence-electron chi connectivity index (χ2n) is 6.44. The molecule has 0 aromatic heterocycles. The molecular formula is C17H22N2O3. The van der Waals surface area contributed by atoms with Gasteiger partial charge in [-0.15, -0.1) is 0 Å². The minimum atomic E-state index is -0.736. The van der Waals surface area contributed by atoms with E-state index in [1.54, 1.807) is 18.2 Å². The molecule has 3 atom stereocenters. The Balaban J connectivity index is 1.83. The van der Waals surface area contributed by atoms with Crippen LogP contribution in [0.1, 0.15) is 48.0 Å². The summed E-state index contributed by atoms with van der Waals surface area (Å²) in [5, 5.41) is 9.54. The van der Waals surface area contributed by atoms with Crippen LogP contribution in [-0.2, 0) is 11.3 Å². The number of likely N-dealkylation sites (tertiary alicyclic amines) is 1. The Bertz CT molecular complexity index is 587. The Labute approximate surface area is 130 Å². The lowest BCUT2D eigenvalue weighted by atomic mass is 9.84. The van der Waals surface area contributed by atoms with Crippen molar-refractivity contribution < 1.29 is 14.7 Å². The molecule has 0 bridgehead atoms. The van der Waals surface area contributed by atoms with Crippen molar-refractivity contribution in [2.75, 3.05) is 0 Å². The van der Waals surface area contributed by atoms with Gasteiger partial charge in [0.2, 0.25) is 5.91 Å². The molecule has 1 aliphatic heterocycles. The molecule has 1 saturated carbocycles. The smallest absolute Gasteiger partial charge is 0.320 e. The fraction of sp³-hybridized carbons (Fsp3) is 0.529. The van der Waals surface area contributed by atoms with Crippen LogP contribution in [0.15, 0.2) is 24.3 Å². The Hall–Kier alpha value is -1.88. The predicted octanol–water partition coefficient (Wildman–Crippen LogP) is 2.00. The maximum Gasteiger partial charge on any atom is 0.320 e. The van der Waals surface area contributed by atoms with Crippen LogP contribution in [0.5, 0.6) is 0 Å². The molecule has 1 saturated heterocycles. The first kappa shape index (κ1) is 15.0. The van der Waals surface area contributed by atoms with E-state index in [0.717, 1.165) is 24.8 Å². The van der Waals surface area contributed by atoms with Crippen molar-refractivity contribution in [3.8, 4) is 0 Å². The number of aliphatic carboxylic acids is 1. The average molecular weight is 302 g/mol. The van der Waals surface area contributed by atoms with Gasteiger partial charge in [-0.1, -0.05) is 25.0 Å². The van der Waals surface area contributed by atoms with Gasteiger partial charge in [-0.3, -0.25) is 14.5 Å². The molecule has 0 radical (unpaired) electrons. The Kier molecular flexibility index (Phi) is 4.16. The van der Waals surface area contributed by atoms with Gasteiger partial charge < -0.3 is 10.8 Å². The van der Waals surface area contributed by atoms with E-state index in [2.05, 4.69) is 4.90 Å². The van der Waals surface area contributed by atoms with Gasteiger partial charge in [0.05, 0.1) is 0 Å². The summed E-state index contributed by atoms with van der Waals surface area (Å²) in [5.74, 6) is -0.691. The Morgan fingerprint density at radius 1 is 1.27 bits per heavy atom.